The van der Waals surface area contributed by atoms with Gasteiger partial charge in [0, 0.05) is 11.8 Å². The molecule has 94 valence electrons. The molecular weight excluding hydrogens is 232 g/mol. The Hall–Kier alpha value is -2.14. The summed E-state index contributed by atoms with van der Waals surface area (Å²) in [4.78, 5) is 8.18. The first-order chi connectivity index (χ1) is 8.72. The van der Waals surface area contributed by atoms with Crippen LogP contribution < -0.4 is 9.47 Å². The van der Waals surface area contributed by atoms with Crippen molar-refractivity contribution in [2.75, 3.05) is 7.11 Å². The first-order valence-corrected chi connectivity index (χ1v) is 5.48. The van der Waals surface area contributed by atoms with Gasteiger partial charge in [-0.05, 0) is 31.2 Å². The summed E-state index contributed by atoms with van der Waals surface area (Å²) in [6.45, 7) is 1.72. The summed E-state index contributed by atoms with van der Waals surface area (Å²) >= 11 is 0. The quantitative estimate of drug-likeness (QED) is 0.894. The molecule has 5 nitrogen and oxygen atoms in total. The van der Waals surface area contributed by atoms with E-state index in [4.69, 9.17) is 14.6 Å². The highest BCUT2D eigenvalue weighted by atomic mass is 16.5. The standard InChI is InChI=1S/C13H14N2O3/c1-9-10(8-16)7-14-13(15-9)18-12-5-3-11(17-2)4-6-12/h3-7,16H,8H2,1-2H3. The van der Waals surface area contributed by atoms with Crippen LogP contribution >= 0.6 is 0 Å². The van der Waals surface area contributed by atoms with E-state index in [0.29, 0.717) is 17.0 Å². The minimum absolute atomic E-state index is 0.0748. The molecule has 0 atom stereocenters. The lowest BCUT2D eigenvalue weighted by Crippen LogP contribution is -1.98. The number of hydrogen-bond donors (Lipinski definition) is 1. The Bertz CT molecular complexity index is 526. The Labute approximate surface area is 105 Å². The van der Waals surface area contributed by atoms with Crippen molar-refractivity contribution in [3.63, 3.8) is 0 Å². The monoisotopic (exact) mass is 246 g/mol. The van der Waals surface area contributed by atoms with E-state index in [1.807, 2.05) is 0 Å². The highest BCUT2D eigenvalue weighted by Crippen LogP contribution is 2.21. The molecule has 0 aliphatic heterocycles. The number of methoxy groups -OCH3 is 1. The normalized spacial score (nSPS) is 10.2. The van der Waals surface area contributed by atoms with Crippen molar-refractivity contribution in [1.82, 2.24) is 9.97 Å². The van der Waals surface area contributed by atoms with Crippen molar-refractivity contribution in [1.29, 1.82) is 0 Å². The molecule has 0 bridgehead atoms. The van der Waals surface area contributed by atoms with Gasteiger partial charge >= 0.3 is 6.01 Å². The minimum Gasteiger partial charge on any atom is -0.497 e. The molecule has 0 unspecified atom stereocenters. The van der Waals surface area contributed by atoms with Gasteiger partial charge in [0.25, 0.3) is 0 Å². The molecule has 0 saturated heterocycles. The fourth-order valence-electron chi connectivity index (χ4n) is 1.42. The molecule has 0 amide bonds. The second kappa shape index (κ2) is 5.46. The first kappa shape index (κ1) is 12.3. The number of benzene rings is 1. The second-order valence-corrected chi connectivity index (χ2v) is 3.70. The van der Waals surface area contributed by atoms with Crippen molar-refractivity contribution in [2.24, 2.45) is 0 Å². The topological polar surface area (TPSA) is 64.5 Å². The van der Waals surface area contributed by atoms with E-state index in [-0.39, 0.29) is 12.6 Å². The molecule has 2 rings (SSSR count). The number of nitrogens with zero attached hydrogens (tertiary/aromatic N) is 2. The summed E-state index contributed by atoms with van der Waals surface area (Å²) in [6.07, 6.45) is 1.56. The zero-order valence-electron chi connectivity index (χ0n) is 10.3. The Morgan fingerprint density at radius 3 is 2.39 bits per heavy atom. The summed E-state index contributed by atoms with van der Waals surface area (Å²) in [7, 11) is 1.61. The van der Waals surface area contributed by atoms with Crippen molar-refractivity contribution < 1.29 is 14.6 Å². The van der Waals surface area contributed by atoms with Crippen LogP contribution in [-0.2, 0) is 6.61 Å². The molecule has 0 aliphatic carbocycles. The maximum absolute atomic E-state index is 9.02. The SMILES string of the molecule is COc1ccc(Oc2ncc(CO)c(C)n2)cc1. The van der Waals surface area contributed by atoms with Crippen LogP contribution in [0, 0.1) is 6.92 Å². The van der Waals surface area contributed by atoms with Crippen LogP contribution in [0.1, 0.15) is 11.3 Å². The maximum atomic E-state index is 9.02. The Kier molecular flexibility index (Phi) is 3.74. The van der Waals surface area contributed by atoms with Gasteiger partial charge in [-0.25, -0.2) is 4.98 Å². The van der Waals surface area contributed by atoms with Crippen LogP contribution in [0.2, 0.25) is 0 Å². The van der Waals surface area contributed by atoms with E-state index in [1.54, 1.807) is 44.5 Å². The van der Waals surface area contributed by atoms with Crippen LogP contribution in [-0.4, -0.2) is 22.2 Å². The average molecular weight is 246 g/mol. The Morgan fingerprint density at radius 2 is 1.83 bits per heavy atom. The van der Waals surface area contributed by atoms with Crippen molar-refractivity contribution in [2.45, 2.75) is 13.5 Å². The summed E-state index contributed by atoms with van der Waals surface area (Å²) in [6, 6.07) is 7.40. The third kappa shape index (κ3) is 2.75. The van der Waals surface area contributed by atoms with E-state index < -0.39 is 0 Å². The summed E-state index contributed by atoms with van der Waals surface area (Å²) in [5.41, 5.74) is 1.40. The van der Waals surface area contributed by atoms with Crippen LogP contribution in [0.15, 0.2) is 30.5 Å². The van der Waals surface area contributed by atoms with Gasteiger partial charge in [-0.1, -0.05) is 0 Å². The number of aliphatic hydroxyl groups excluding tert-OH is 1. The van der Waals surface area contributed by atoms with Crippen LogP contribution in [0.25, 0.3) is 0 Å². The van der Waals surface area contributed by atoms with Gasteiger partial charge in [0.05, 0.1) is 19.4 Å². The number of aliphatic hydroxyl groups is 1. The third-order valence-electron chi connectivity index (χ3n) is 2.50. The van der Waals surface area contributed by atoms with Crippen LogP contribution in [0.5, 0.6) is 17.5 Å². The number of rotatable bonds is 4. The third-order valence-corrected chi connectivity index (χ3v) is 2.50. The molecule has 0 saturated carbocycles. The highest BCUT2D eigenvalue weighted by Gasteiger charge is 2.04. The van der Waals surface area contributed by atoms with Gasteiger partial charge < -0.3 is 14.6 Å². The van der Waals surface area contributed by atoms with Crippen molar-refractivity contribution >= 4 is 0 Å². The lowest BCUT2D eigenvalue weighted by Gasteiger charge is -2.06. The first-order valence-electron chi connectivity index (χ1n) is 5.48. The molecule has 2 aromatic rings. The molecule has 1 heterocycles. The fourth-order valence-corrected chi connectivity index (χ4v) is 1.42. The second-order valence-electron chi connectivity index (χ2n) is 3.70. The fraction of sp³-hybridized carbons (Fsp3) is 0.231. The molecule has 0 aliphatic rings. The molecule has 1 aromatic carbocycles. The van der Waals surface area contributed by atoms with Gasteiger partial charge in [0.2, 0.25) is 0 Å². The molecule has 1 N–H and O–H groups in total. The van der Waals surface area contributed by atoms with E-state index in [2.05, 4.69) is 9.97 Å². The minimum atomic E-state index is -0.0748. The molecule has 1 aromatic heterocycles. The summed E-state index contributed by atoms with van der Waals surface area (Å²) < 4.78 is 10.6. The molecule has 0 spiro atoms. The smallest absolute Gasteiger partial charge is 0.322 e. The van der Waals surface area contributed by atoms with Gasteiger partial charge in [-0.15, -0.1) is 0 Å². The van der Waals surface area contributed by atoms with E-state index in [0.717, 1.165) is 5.75 Å². The molecule has 0 fully saturated rings. The van der Waals surface area contributed by atoms with Crippen LogP contribution in [0.4, 0.5) is 0 Å². The van der Waals surface area contributed by atoms with E-state index >= 15 is 0 Å². The number of aryl methyl sites for hydroxylation is 1. The number of ether oxygens (including phenoxy) is 2. The molecular formula is C13H14N2O3. The average Bonchev–Trinajstić information content (AvgIpc) is 2.40. The van der Waals surface area contributed by atoms with Gasteiger partial charge in [0.15, 0.2) is 0 Å². The van der Waals surface area contributed by atoms with E-state index in [1.165, 1.54) is 0 Å². The molecule has 18 heavy (non-hydrogen) atoms. The van der Waals surface area contributed by atoms with Crippen molar-refractivity contribution in [3.8, 4) is 17.5 Å². The Morgan fingerprint density at radius 1 is 1.17 bits per heavy atom. The molecule has 0 radical (unpaired) electrons. The van der Waals surface area contributed by atoms with Gasteiger partial charge in [-0.3, -0.25) is 0 Å². The van der Waals surface area contributed by atoms with Gasteiger partial charge in [-0.2, -0.15) is 4.98 Å². The zero-order valence-corrected chi connectivity index (χ0v) is 10.3. The van der Waals surface area contributed by atoms with E-state index in [9.17, 15) is 0 Å². The summed E-state index contributed by atoms with van der Waals surface area (Å²) in [5.74, 6) is 1.39. The maximum Gasteiger partial charge on any atom is 0.322 e. The van der Waals surface area contributed by atoms with Crippen LogP contribution in [0.3, 0.4) is 0 Å². The zero-order chi connectivity index (χ0) is 13.0. The van der Waals surface area contributed by atoms with Crippen molar-refractivity contribution in [3.05, 3.63) is 41.7 Å². The Balaban J connectivity index is 2.15. The van der Waals surface area contributed by atoms with Gasteiger partial charge in [0.1, 0.15) is 11.5 Å². The largest absolute Gasteiger partial charge is 0.497 e. The summed E-state index contributed by atoms with van der Waals surface area (Å²) in [5, 5.41) is 9.02. The predicted molar refractivity (Wildman–Crippen MR) is 65.8 cm³/mol. The highest BCUT2D eigenvalue weighted by molar-refractivity contribution is 5.32. The predicted octanol–water partition coefficient (Wildman–Crippen LogP) is 2.08. The number of aromatic nitrogens is 2. The lowest BCUT2D eigenvalue weighted by molar-refractivity contribution is 0.279. The molecule has 5 heteroatoms. The lowest BCUT2D eigenvalue weighted by atomic mass is 10.3. The number of hydrogen-bond acceptors (Lipinski definition) is 5.